The van der Waals surface area contributed by atoms with Crippen LogP contribution in [0.25, 0.3) is 10.9 Å². The van der Waals surface area contributed by atoms with Gasteiger partial charge < -0.3 is 5.32 Å². The normalized spacial score (nSPS) is 19.3. The van der Waals surface area contributed by atoms with Crippen LogP contribution in [0.5, 0.6) is 0 Å². The summed E-state index contributed by atoms with van der Waals surface area (Å²) in [4.78, 5) is 0. The van der Waals surface area contributed by atoms with Gasteiger partial charge in [-0.25, -0.2) is 0 Å². The van der Waals surface area contributed by atoms with E-state index in [4.69, 9.17) is 5.10 Å². The highest BCUT2D eigenvalue weighted by atomic mass is 15.3. The lowest BCUT2D eigenvalue weighted by Crippen LogP contribution is -2.23. The Morgan fingerprint density at radius 1 is 1.33 bits per heavy atom. The molecular formula is C18H23N3. The average Bonchev–Trinajstić information content (AvgIpc) is 2.76. The summed E-state index contributed by atoms with van der Waals surface area (Å²) in [5, 5.41) is 9.37. The van der Waals surface area contributed by atoms with Gasteiger partial charge in [0.25, 0.3) is 0 Å². The number of aromatic nitrogens is 2. The van der Waals surface area contributed by atoms with Crippen LogP contribution in [0.3, 0.4) is 0 Å². The van der Waals surface area contributed by atoms with Crippen LogP contribution in [0.4, 0.5) is 0 Å². The molecule has 0 spiro atoms. The number of hydrogen-bond acceptors (Lipinski definition) is 2. The van der Waals surface area contributed by atoms with E-state index >= 15 is 0 Å². The summed E-state index contributed by atoms with van der Waals surface area (Å²) in [6.45, 7) is 12.6. The first-order chi connectivity index (χ1) is 9.99. The minimum Gasteiger partial charge on any atom is -0.363 e. The highest BCUT2D eigenvalue weighted by Gasteiger charge is 2.26. The van der Waals surface area contributed by atoms with E-state index in [0.29, 0.717) is 5.92 Å². The number of rotatable bonds is 2. The Kier molecular flexibility index (Phi) is 3.36. The number of aryl methyl sites for hydroxylation is 1. The van der Waals surface area contributed by atoms with E-state index in [1.165, 1.54) is 16.5 Å². The molecule has 1 aliphatic heterocycles. The molecule has 3 heteroatoms. The van der Waals surface area contributed by atoms with Gasteiger partial charge in [-0.05, 0) is 24.3 Å². The Bertz CT molecular complexity index is 721. The molecule has 1 N–H and O–H groups in total. The Morgan fingerprint density at radius 3 is 2.76 bits per heavy atom. The van der Waals surface area contributed by atoms with Gasteiger partial charge in [-0.15, -0.1) is 0 Å². The number of piperidine rings is 1. The van der Waals surface area contributed by atoms with Gasteiger partial charge in [0.05, 0.1) is 11.2 Å². The first-order valence-corrected chi connectivity index (χ1v) is 7.58. The third-order valence-corrected chi connectivity index (χ3v) is 4.37. The van der Waals surface area contributed by atoms with Gasteiger partial charge >= 0.3 is 0 Å². The second kappa shape index (κ2) is 5.06. The highest BCUT2D eigenvalue weighted by molar-refractivity contribution is 5.86. The molecule has 0 aliphatic carbocycles. The van der Waals surface area contributed by atoms with Crippen molar-refractivity contribution >= 4 is 10.9 Å². The molecule has 3 rings (SSSR count). The molecule has 1 saturated heterocycles. The molecule has 0 radical (unpaired) electrons. The molecule has 1 aromatic carbocycles. The van der Waals surface area contributed by atoms with Crippen molar-refractivity contribution in [3.63, 3.8) is 0 Å². The first-order valence-electron chi connectivity index (χ1n) is 7.58. The zero-order chi connectivity index (χ0) is 15.1. The maximum Gasteiger partial charge on any atom is 0.0792 e. The van der Waals surface area contributed by atoms with Crippen LogP contribution in [0.1, 0.15) is 49.8 Å². The summed E-state index contributed by atoms with van der Waals surface area (Å²) in [5.74, 6) is 0.756. The fourth-order valence-electron chi connectivity index (χ4n) is 3.29. The number of fused-ring (bicyclic) bond motifs is 1. The van der Waals surface area contributed by atoms with E-state index in [1.807, 2.05) is 11.7 Å². The van der Waals surface area contributed by atoms with Gasteiger partial charge in [-0.1, -0.05) is 45.2 Å². The van der Waals surface area contributed by atoms with Crippen LogP contribution in [0.15, 0.2) is 42.8 Å². The topological polar surface area (TPSA) is 29.9 Å². The predicted octanol–water partition coefficient (Wildman–Crippen LogP) is 4.19. The Morgan fingerprint density at radius 2 is 2.10 bits per heavy atom. The monoisotopic (exact) mass is 281 g/mol. The number of nitrogens with zero attached hydrogens (tertiary/aromatic N) is 2. The third kappa shape index (κ3) is 2.27. The number of para-hydroxylation sites is 1. The summed E-state index contributed by atoms with van der Waals surface area (Å²) in [6.07, 6.45) is 2.01. The minimum atomic E-state index is 0.265. The molecule has 1 aliphatic rings. The van der Waals surface area contributed by atoms with Crippen LogP contribution in [-0.4, -0.2) is 9.78 Å². The number of hydrogen-bond donors (Lipinski definition) is 1. The molecule has 3 nitrogen and oxygen atoms in total. The molecule has 0 bridgehead atoms. The van der Waals surface area contributed by atoms with E-state index in [-0.39, 0.29) is 5.92 Å². The van der Waals surface area contributed by atoms with Crippen molar-refractivity contribution in [3.05, 3.63) is 54.0 Å². The fourth-order valence-corrected chi connectivity index (χ4v) is 3.29. The van der Waals surface area contributed by atoms with Gasteiger partial charge in [-0.2, -0.15) is 5.10 Å². The smallest absolute Gasteiger partial charge is 0.0792 e. The third-order valence-electron chi connectivity index (χ3n) is 4.37. The lowest BCUT2D eigenvalue weighted by atomic mass is 9.89. The lowest BCUT2D eigenvalue weighted by Gasteiger charge is -2.26. The number of nitrogens with one attached hydrogen (secondary N) is 1. The molecule has 1 atom stereocenters. The van der Waals surface area contributed by atoms with Crippen molar-refractivity contribution in [1.82, 2.24) is 15.1 Å². The van der Waals surface area contributed by atoms with E-state index < -0.39 is 0 Å². The average molecular weight is 281 g/mol. The maximum absolute atomic E-state index is 4.82. The molecule has 21 heavy (non-hydrogen) atoms. The SMILES string of the molecule is C=C1CCC(c2nn(C)c3c(C(C)C)cccc23)C(=C)N1. The van der Waals surface area contributed by atoms with Gasteiger partial charge in [0.2, 0.25) is 0 Å². The molecule has 1 fully saturated rings. The quantitative estimate of drug-likeness (QED) is 0.894. The number of benzene rings is 1. The second-order valence-corrected chi connectivity index (χ2v) is 6.25. The largest absolute Gasteiger partial charge is 0.363 e. The van der Waals surface area contributed by atoms with E-state index in [1.54, 1.807) is 0 Å². The Balaban J connectivity index is 2.14. The molecule has 2 aromatic rings. The molecule has 0 saturated carbocycles. The van der Waals surface area contributed by atoms with Gasteiger partial charge in [0, 0.05) is 29.7 Å². The summed E-state index contributed by atoms with van der Waals surface area (Å²) < 4.78 is 2.02. The second-order valence-electron chi connectivity index (χ2n) is 6.25. The van der Waals surface area contributed by atoms with Crippen molar-refractivity contribution in [2.75, 3.05) is 0 Å². The zero-order valence-electron chi connectivity index (χ0n) is 13.1. The summed E-state index contributed by atoms with van der Waals surface area (Å²) in [6, 6.07) is 6.52. The Hall–Kier alpha value is -2.03. The van der Waals surface area contributed by atoms with Crippen molar-refractivity contribution in [1.29, 1.82) is 0 Å². The lowest BCUT2D eigenvalue weighted by molar-refractivity contribution is 0.574. The zero-order valence-corrected chi connectivity index (χ0v) is 13.1. The van der Waals surface area contributed by atoms with Gasteiger partial charge in [0.1, 0.15) is 0 Å². The molecular weight excluding hydrogens is 258 g/mol. The van der Waals surface area contributed by atoms with Crippen LogP contribution in [0.2, 0.25) is 0 Å². The van der Waals surface area contributed by atoms with Crippen LogP contribution >= 0.6 is 0 Å². The minimum absolute atomic E-state index is 0.265. The Labute approximate surface area is 126 Å². The van der Waals surface area contributed by atoms with Gasteiger partial charge in [0.15, 0.2) is 0 Å². The van der Waals surface area contributed by atoms with E-state index in [0.717, 1.165) is 29.9 Å². The molecule has 1 aromatic heterocycles. The standard InChI is InChI=1S/C18H23N3/c1-11(2)14-7-6-8-16-17(20-21(5)18(14)16)15-10-9-12(3)19-13(15)4/h6-8,11,15,19H,3-4,9-10H2,1-2,5H3. The van der Waals surface area contributed by atoms with Crippen molar-refractivity contribution < 1.29 is 0 Å². The summed E-state index contributed by atoms with van der Waals surface area (Å²) in [5.41, 5.74) is 5.81. The number of allylic oxidation sites excluding steroid dienone is 2. The van der Waals surface area contributed by atoms with E-state index in [9.17, 15) is 0 Å². The molecule has 2 heterocycles. The molecule has 110 valence electrons. The van der Waals surface area contributed by atoms with Crippen LogP contribution in [-0.2, 0) is 7.05 Å². The predicted molar refractivity (Wildman–Crippen MR) is 88.2 cm³/mol. The molecule has 0 amide bonds. The van der Waals surface area contributed by atoms with Gasteiger partial charge in [-0.3, -0.25) is 4.68 Å². The first kappa shape index (κ1) is 13.9. The molecule has 1 unspecified atom stereocenters. The van der Waals surface area contributed by atoms with Crippen LogP contribution < -0.4 is 5.32 Å². The fraction of sp³-hybridized carbons (Fsp3) is 0.389. The maximum atomic E-state index is 4.82. The van der Waals surface area contributed by atoms with Crippen LogP contribution in [0, 0.1) is 0 Å². The van der Waals surface area contributed by atoms with Crippen molar-refractivity contribution in [3.8, 4) is 0 Å². The highest BCUT2D eigenvalue weighted by Crippen LogP contribution is 2.37. The van der Waals surface area contributed by atoms with E-state index in [2.05, 4.69) is 50.5 Å². The summed E-state index contributed by atoms with van der Waals surface area (Å²) in [7, 11) is 2.04. The van der Waals surface area contributed by atoms with Crippen molar-refractivity contribution in [2.24, 2.45) is 7.05 Å². The van der Waals surface area contributed by atoms with Crippen molar-refractivity contribution in [2.45, 2.75) is 38.5 Å². The summed E-state index contributed by atoms with van der Waals surface area (Å²) >= 11 is 0.